The van der Waals surface area contributed by atoms with E-state index in [2.05, 4.69) is 9.97 Å². The maximum Gasteiger partial charge on any atom is 0.345 e. The lowest BCUT2D eigenvalue weighted by atomic mass is 10.0. The number of ether oxygens (including phenoxy) is 4. The molecule has 144 valence electrons. The zero-order chi connectivity index (χ0) is 19.9. The molecule has 1 heterocycles. The van der Waals surface area contributed by atoms with Gasteiger partial charge in [-0.1, -0.05) is 0 Å². The summed E-state index contributed by atoms with van der Waals surface area (Å²) in [6.07, 6.45) is 2.92. The third kappa shape index (κ3) is 4.72. The molecule has 0 amide bonds. The normalized spacial score (nSPS) is 10.8. The first kappa shape index (κ1) is 20.2. The van der Waals surface area contributed by atoms with E-state index in [0.29, 0.717) is 30.3 Å². The van der Waals surface area contributed by atoms with Gasteiger partial charge in [-0.15, -0.1) is 0 Å². The molecule has 0 bridgehead atoms. The van der Waals surface area contributed by atoms with Gasteiger partial charge in [0, 0.05) is 31.8 Å². The van der Waals surface area contributed by atoms with Gasteiger partial charge in [-0.3, -0.25) is 9.59 Å². The standard InChI is InChI=1S/C19H22N2O6/c1-5-24-16-9-8-15(12-17(16)25-6-2)19(26-13(3)22,27-14(4)23)18-20-10-7-11-21-18/h7-12H,5-6H2,1-4H3. The molecular formula is C19H22N2O6. The molecule has 0 unspecified atom stereocenters. The molecule has 0 N–H and O–H groups in total. The zero-order valence-corrected chi connectivity index (χ0v) is 15.7. The molecule has 0 aliphatic heterocycles. The van der Waals surface area contributed by atoms with Crippen LogP contribution >= 0.6 is 0 Å². The van der Waals surface area contributed by atoms with Crippen LogP contribution in [0, 0.1) is 0 Å². The third-order valence-electron chi connectivity index (χ3n) is 3.36. The molecule has 0 saturated carbocycles. The summed E-state index contributed by atoms with van der Waals surface area (Å²) in [5.41, 5.74) is 0.311. The number of hydrogen-bond acceptors (Lipinski definition) is 8. The fourth-order valence-corrected chi connectivity index (χ4v) is 2.49. The Morgan fingerprint density at radius 1 is 0.926 bits per heavy atom. The lowest BCUT2D eigenvalue weighted by Crippen LogP contribution is -2.39. The van der Waals surface area contributed by atoms with Crippen LogP contribution in [0.5, 0.6) is 11.5 Å². The molecule has 2 aromatic rings. The Balaban J connectivity index is 2.69. The van der Waals surface area contributed by atoms with Gasteiger partial charge in [0.2, 0.25) is 5.82 Å². The average Bonchev–Trinajstić information content (AvgIpc) is 2.63. The van der Waals surface area contributed by atoms with Crippen LogP contribution in [0.3, 0.4) is 0 Å². The topological polar surface area (TPSA) is 96.8 Å². The largest absolute Gasteiger partial charge is 0.490 e. The van der Waals surface area contributed by atoms with Crippen molar-refractivity contribution in [1.82, 2.24) is 9.97 Å². The number of rotatable bonds is 8. The van der Waals surface area contributed by atoms with Crippen LogP contribution in [0.2, 0.25) is 0 Å². The highest BCUT2D eigenvalue weighted by Gasteiger charge is 2.45. The summed E-state index contributed by atoms with van der Waals surface area (Å²) >= 11 is 0. The van der Waals surface area contributed by atoms with Crippen LogP contribution in [0.25, 0.3) is 0 Å². The Morgan fingerprint density at radius 2 is 1.48 bits per heavy atom. The summed E-state index contributed by atoms with van der Waals surface area (Å²) in [5, 5.41) is 0. The predicted molar refractivity (Wildman–Crippen MR) is 95.1 cm³/mol. The lowest BCUT2D eigenvalue weighted by Gasteiger charge is -2.31. The summed E-state index contributed by atoms with van der Waals surface area (Å²) in [4.78, 5) is 31.9. The first-order valence-electron chi connectivity index (χ1n) is 8.49. The van der Waals surface area contributed by atoms with Crippen molar-refractivity contribution in [3.63, 3.8) is 0 Å². The molecule has 0 atom stereocenters. The Kier molecular flexibility index (Phi) is 6.70. The Morgan fingerprint density at radius 3 is 2.00 bits per heavy atom. The lowest BCUT2D eigenvalue weighted by molar-refractivity contribution is -0.218. The molecule has 0 aliphatic carbocycles. The molecule has 8 heteroatoms. The summed E-state index contributed by atoms with van der Waals surface area (Å²) in [5.74, 6) is -2.36. The highest BCUT2D eigenvalue weighted by molar-refractivity contribution is 5.70. The summed E-state index contributed by atoms with van der Waals surface area (Å²) < 4.78 is 22.1. The van der Waals surface area contributed by atoms with Crippen molar-refractivity contribution >= 4 is 11.9 Å². The number of esters is 2. The Labute approximate surface area is 157 Å². The van der Waals surface area contributed by atoms with E-state index >= 15 is 0 Å². The van der Waals surface area contributed by atoms with Crippen LogP contribution in [-0.2, 0) is 24.8 Å². The second-order valence-electron chi connectivity index (χ2n) is 5.40. The maximum atomic E-state index is 11.8. The van der Waals surface area contributed by atoms with Gasteiger partial charge in [0.15, 0.2) is 11.5 Å². The summed E-state index contributed by atoms with van der Waals surface area (Å²) in [6.45, 7) is 6.93. The Hall–Kier alpha value is -3.16. The second-order valence-corrected chi connectivity index (χ2v) is 5.40. The van der Waals surface area contributed by atoms with Gasteiger partial charge in [-0.25, -0.2) is 9.97 Å². The number of carbonyl (C=O) groups excluding carboxylic acids is 2. The molecule has 1 aromatic heterocycles. The average molecular weight is 374 g/mol. The summed E-state index contributed by atoms with van der Waals surface area (Å²) in [6, 6.07) is 6.43. The van der Waals surface area contributed by atoms with Gasteiger partial charge in [0.1, 0.15) is 0 Å². The molecule has 8 nitrogen and oxygen atoms in total. The van der Waals surface area contributed by atoms with E-state index in [4.69, 9.17) is 18.9 Å². The van der Waals surface area contributed by atoms with Gasteiger partial charge < -0.3 is 18.9 Å². The van der Waals surface area contributed by atoms with E-state index in [-0.39, 0.29) is 5.82 Å². The molecule has 0 spiro atoms. The fourth-order valence-electron chi connectivity index (χ4n) is 2.49. The smallest absolute Gasteiger partial charge is 0.345 e. The van der Waals surface area contributed by atoms with Gasteiger partial charge in [-0.05, 0) is 38.1 Å². The van der Waals surface area contributed by atoms with E-state index in [0.717, 1.165) is 0 Å². The van der Waals surface area contributed by atoms with Crippen LogP contribution in [0.15, 0.2) is 36.7 Å². The van der Waals surface area contributed by atoms with Crippen molar-refractivity contribution in [1.29, 1.82) is 0 Å². The minimum Gasteiger partial charge on any atom is -0.490 e. The fraction of sp³-hybridized carbons (Fsp3) is 0.368. The van der Waals surface area contributed by atoms with Crippen LogP contribution in [0.1, 0.15) is 39.1 Å². The second kappa shape index (κ2) is 8.98. The molecule has 1 aromatic carbocycles. The molecule has 0 aliphatic rings. The Bertz CT molecular complexity index is 778. The zero-order valence-electron chi connectivity index (χ0n) is 15.7. The van der Waals surface area contributed by atoms with E-state index in [1.54, 1.807) is 24.3 Å². The number of nitrogens with zero attached hydrogens (tertiary/aromatic N) is 2. The van der Waals surface area contributed by atoms with Gasteiger partial charge in [-0.2, -0.15) is 0 Å². The molecule has 0 radical (unpaired) electrons. The molecule has 0 saturated heterocycles. The maximum absolute atomic E-state index is 11.8. The van der Waals surface area contributed by atoms with Crippen molar-refractivity contribution < 1.29 is 28.5 Å². The minimum atomic E-state index is -1.95. The number of carbonyl (C=O) groups is 2. The molecule has 2 rings (SSSR count). The van der Waals surface area contributed by atoms with Crippen LogP contribution in [0.4, 0.5) is 0 Å². The number of hydrogen-bond donors (Lipinski definition) is 0. The van der Waals surface area contributed by atoms with Crippen molar-refractivity contribution in [2.45, 2.75) is 33.5 Å². The van der Waals surface area contributed by atoms with Crippen molar-refractivity contribution in [2.75, 3.05) is 13.2 Å². The molecule has 0 fully saturated rings. The first-order chi connectivity index (χ1) is 12.9. The number of aromatic nitrogens is 2. The molecular weight excluding hydrogens is 352 g/mol. The van der Waals surface area contributed by atoms with Crippen molar-refractivity contribution in [3.05, 3.63) is 48.0 Å². The van der Waals surface area contributed by atoms with E-state index in [9.17, 15) is 9.59 Å². The van der Waals surface area contributed by atoms with Crippen LogP contribution in [-0.4, -0.2) is 35.1 Å². The van der Waals surface area contributed by atoms with E-state index in [1.807, 2.05) is 13.8 Å². The minimum absolute atomic E-state index is 0.00186. The summed E-state index contributed by atoms with van der Waals surface area (Å²) in [7, 11) is 0. The van der Waals surface area contributed by atoms with Crippen molar-refractivity contribution in [2.24, 2.45) is 0 Å². The van der Waals surface area contributed by atoms with Crippen molar-refractivity contribution in [3.8, 4) is 11.5 Å². The quantitative estimate of drug-likeness (QED) is 0.514. The van der Waals surface area contributed by atoms with E-state index < -0.39 is 17.7 Å². The van der Waals surface area contributed by atoms with Crippen LogP contribution < -0.4 is 9.47 Å². The SMILES string of the molecule is CCOc1ccc(C(OC(C)=O)(OC(C)=O)c2ncccn2)cc1OCC. The monoisotopic (exact) mass is 374 g/mol. The van der Waals surface area contributed by atoms with Gasteiger partial charge in [0.05, 0.1) is 13.2 Å². The van der Waals surface area contributed by atoms with E-state index in [1.165, 1.54) is 26.2 Å². The predicted octanol–water partition coefficient (Wildman–Crippen LogP) is 2.60. The highest BCUT2D eigenvalue weighted by Crippen LogP contribution is 2.38. The van der Waals surface area contributed by atoms with Gasteiger partial charge in [0.25, 0.3) is 0 Å². The van der Waals surface area contributed by atoms with Gasteiger partial charge >= 0.3 is 17.7 Å². The highest BCUT2D eigenvalue weighted by atomic mass is 16.7. The number of benzene rings is 1. The molecule has 27 heavy (non-hydrogen) atoms. The third-order valence-corrected chi connectivity index (χ3v) is 3.36. The first-order valence-corrected chi connectivity index (χ1v) is 8.49.